The van der Waals surface area contributed by atoms with E-state index in [1.807, 2.05) is 25.1 Å². The first kappa shape index (κ1) is 22.7. The van der Waals surface area contributed by atoms with Crippen LogP contribution in [0.2, 0.25) is 0 Å². The van der Waals surface area contributed by atoms with Crippen LogP contribution in [0.1, 0.15) is 21.1 Å². The normalized spacial score (nSPS) is 10.7. The van der Waals surface area contributed by atoms with Gasteiger partial charge in [-0.15, -0.1) is 11.3 Å². The lowest BCUT2D eigenvalue weighted by Crippen LogP contribution is -2.35. The van der Waals surface area contributed by atoms with Crippen LogP contribution in [0, 0.1) is 12.7 Å². The van der Waals surface area contributed by atoms with Crippen LogP contribution in [0.15, 0.2) is 42.5 Å². The molecule has 0 atom stereocenters. The Morgan fingerprint density at radius 1 is 1.13 bits per heavy atom. The van der Waals surface area contributed by atoms with Gasteiger partial charge in [-0.25, -0.2) is 9.37 Å². The van der Waals surface area contributed by atoms with Crippen molar-refractivity contribution in [2.75, 3.05) is 33.9 Å². The van der Waals surface area contributed by atoms with Crippen LogP contribution in [-0.4, -0.2) is 54.8 Å². The topological polar surface area (TPSA) is 71.9 Å². The fourth-order valence-corrected chi connectivity index (χ4v) is 4.19. The fraction of sp³-hybridized carbons (Fsp3) is 0.304. The number of thiazole rings is 1. The molecule has 6 nitrogen and oxygen atoms in total. The maximum atomic E-state index is 13.7. The Kier molecular flexibility index (Phi) is 7.59. The third-order valence-electron chi connectivity index (χ3n) is 4.80. The van der Waals surface area contributed by atoms with E-state index >= 15 is 0 Å². The third-order valence-corrected chi connectivity index (χ3v) is 5.82. The molecular formula is C23H25FN2O4S. The zero-order chi connectivity index (χ0) is 22.4. The summed E-state index contributed by atoms with van der Waals surface area (Å²) in [7, 11) is 3.15. The van der Waals surface area contributed by atoms with Crippen molar-refractivity contribution >= 4 is 17.2 Å². The molecule has 0 spiro atoms. The summed E-state index contributed by atoms with van der Waals surface area (Å²) in [5.41, 5.74) is 1.85. The summed E-state index contributed by atoms with van der Waals surface area (Å²) in [5.74, 6) is 0.580. The standard InChI is InChI=1S/C23H25FN2O4S/c1-15-25-21(22(31-15)17-5-4-6-18(24)14-17)23(28)26(11-12-27)10-9-16-7-8-19(29-2)20(13-16)30-3/h4-8,13-14,27H,9-12H2,1-3H3. The number of ether oxygens (including phenoxy) is 2. The van der Waals surface area contributed by atoms with Gasteiger partial charge in [0, 0.05) is 13.1 Å². The van der Waals surface area contributed by atoms with E-state index in [4.69, 9.17) is 9.47 Å². The zero-order valence-electron chi connectivity index (χ0n) is 17.7. The minimum absolute atomic E-state index is 0.171. The Bertz CT molecular complexity index is 1050. The van der Waals surface area contributed by atoms with E-state index < -0.39 is 0 Å². The lowest BCUT2D eigenvalue weighted by molar-refractivity contribution is 0.0719. The van der Waals surface area contributed by atoms with Gasteiger partial charge in [-0.3, -0.25) is 4.79 Å². The molecule has 2 aromatic carbocycles. The van der Waals surface area contributed by atoms with Gasteiger partial charge in [0.1, 0.15) is 11.5 Å². The summed E-state index contributed by atoms with van der Waals surface area (Å²) in [5, 5.41) is 10.2. The minimum Gasteiger partial charge on any atom is -0.493 e. The average molecular weight is 445 g/mol. The molecule has 0 fully saturated rings. The van der Waals surface area contributed by atoms with Crippen LogP contribution in [-0.2, 0) is 6.42 Å². The molecule has 0 aliphatic carbocycles. The smallest absolute Gasteiger partial charge is 0.274 e. The number of halogens is 1. The quantitative estimate of drug-likeness (QED) is 0.541. The van der Waals surface area contributed by atoms with E-state index in [2.05, 4.69) is 4.98 Å². The predicted octanol–water partition coefficient (Wildman–Crippen LogP) is 3.95. The highest BCUT2D eigenvalue weighted by Crippen LogP contribution is 2.32. The van der Waals surface area contributed by atoms with Gasteiger partial charge in [0.05, 0.1) is 30.7 Å². The summed E-state index contributed by atoms with van der Waals surface area (Å²) < 4.78 is 24.3. The molecule has 1 aromatic heterocycles. The monoisotopic (exact) mass is 444 g/mol. The highest BCUT2D eigenvalue weighted by atomic mass is 32.1. The number of aliphatic hydroxyl groups is 1. The molecule has 0 aliphatic heterocycles. The van der Waals surface area contributed by atoms with Crippen LogP contribution in [0.3, 0.4) is 0 Å². The number of benzene rings is 2. The van der Waals surface area contributed by atoms with Crippen molar-refractivity contribution in [3.8, 4) is 21.9 Å². The number of carbonyl (C=O) groups excluding carboxylic acids is 1. The first-order valence-corrected chi connectivity index (χ1v) is 10.6. The number of rotatable bonds is 9. The molecule has 164 valence electrons. The molecule has 1 amide bonds. The van der Waals surface area contributed by atoms with Crippen molar-refractivity contribution in [2.24, 2.45) is 0 Å². The molecule has 1 heterocycles. The van der Waals surface area contributed by atoms with Gasteiger partial charge in [0.2, 0.25) is 0 Å². The number of hydrogen-bond donors (Lipinski definition) is 1. The largest absolute Gasteiger partial charge is 0.493 e. The molecule has 1 N–H and O–H groups in total. The van der Waals surface area contributed by atoms with Gasteiger partial charge in [-0.2, -0.15) is 0 Å². The lowest BCUT2D eigenvalue weighted by Gasteiger charge is -2.22. The SMILES string of the molecule is COc1ccc(CCN(CCO)C(=O)c2nc(C)sc2-c2cccc(F)c2)cc1OC. The molecular weight excluding hydrogens is 419 g/mol. The number of nitrogens with zero attached hydrogens (tertiary/aromatic N) is 2. The molecule has 0 bridgehead atoms. The molecule has 8 heteroatoms. The molecule has 0 aliphatic rings. The fourth-order valence-electron chi connectivity index (χ4n) is 3.28. The zero-order valence-corrected chi connectivity index (χ0v) is 18.5. The molecule has 0 saturated carbocycles. The molecule has 0 unspecified atom stereocenters. The van der Waals surface area contributed by atoms with Gasteiger partial charge in [0.15, 0.2) is 11.5 Å². The Labute approximate surface area is 184 Å². The van der Waals surface area contributed by atoms with Crippen LogP contribution in [0.5, 0.6) is 11.5 Å². The van der Waals surface area contributed by atoms with Crippen LogP contribution in [0.4, 0.5) is 4.39 Å². The Morgan fingerprint density at radius 3 is 2.58 bits per heavy atom. The Balaban J connectivity index is 1.83. The van der Waals surface area contributed by atoms with Gasteiger partial charge in [-0.05, 0) is 48.7 Å². The van der Waals surface area contributed by atoms with Crippen molar-refractivity contribution in [1.82, 2.24) is 9.88 Å². The highest BCUT2D eigenvalue weighted by molar-refractivity contribution is 7.15. The number of aliphatic hydroxyl groups excluding tert-OH is 1. The number of aryl methyl sites for hydroxylation is 1. The van der Waals surface area contributed by atoms with Gasteiger partial charge >= 0.3 is 0 Å². The highest BCUT2D eigenvalue weighted by Gasteiger charge is 2.23. The van der Waals surface area contributed by atoms with Gasteiger partial charge in [-0.1, -0.05) is 18.2 Å². The number of methoxy groups -OCH3 is 2. The molecule has 31 heavy (non-hydrogen) atoms. The van der Waals surface area contributed by atoms with Crippen LogP contribution < -0.4 is 9.47 Å². The van der Waals surface area contributed by atoms with E-state index in [0.717, 1.165) is 5.56 Å². The van der Waals surface area contributed by atoms with Crippen LogP contribution in [0.25, 0.3) is 10.4 Å². The average Bonchev–Trinajstić information content (AvgIpc) is 3.17. The van der Waals surface area contributed by atoms with E-state index in [0.29, 0.717) is 39.9 Å². The summed E-state index contributed by atoms with van der Waals surface area (Å²) in [4.78, 5) is 19.9. The maximum absolute atomic E-state index is 13.7. The van der Waals surface area contributed by atoms with E-state index in [9.17, 15) is 14.3 Å². The maximum Gasteiger partial charge on any atom is 0.274 e. The van der Waals surface area contributed by atoms with Crippen molar-refractivity contribution in [3.05, 3.63) is 64.5 Å². The van der Waals surface area contributed by atoms with Crippen molar-refractivity contribution in [1.29, 1.82) is 0 Å². The second-order valence-corrected chi connectivity index (χ2v) is 8.08. The predicted molar refractivity (Wildman–Crippen MR) is 118 cm³/mol. The van der Waals surface area contributed by atoms with Gasteiger partial charge in [0.25, 0.3) is 5.91 Å². The lowest BCUT2D eigenvalue weighted by atomic mass is 10.1. The van der Waals surface area contributed by atoms with E-state index in [1.165, 1.54) is 23.5 Å². The van der Waals surface area contributed by atoms with Gasteiger partial charge < -0.3 is 19.5 Å². The first-order chi connectivity index (χ1) is 15.0. The second kappa shape index (κ2) is 10.4. The number of amides is 1. The number of carbonyl (C=O) groups is 1. The molecule has 0 saturated heterocycles. The summed E-state index contributed by atoms with van der Waals surface area (Å²) >= 11 is 1.35. The van der Waals surface area contributed by atoms with E-state index in [-0.39, 0.29) is 30.6 Å². The number of hydrogen-bond acceptors (Lipinski definition) is 6. The van der Waals surface area contributed by atoms with E-state index in [1.54, 1.807) is 31.3 Å². The minimum atomic E-state index is -0.373. The Morgan fingerprint density at radius 2 is 1.90 bits per heavy atom. The Hall–Kier alpha value is -2.97. The van der Waals surface area contributed by atoms with Crippen molar-refractivity contribution < 1.29 is 23.8 Å². The summed E-state index contributed by atoms with van der Waals surface area (Å²) in [6.45, 7) is 2.19. The van der Waals surface area contributed by atoms with Crippen LogP contribution >= 0.6 is 11.3 Å². The second-order valence-electron chi connectivity index (χ2n) is 6.88. The van der Waals surface area contributed by atoms with Crippen molar-refractivity contribution in [3.63, 3.8) is 0 Å². The third kappa shape index (κ3) is 5.39. The molecule has 3 aromatic rings. The summed E-state index contributed by atoms with van der Waals surface area (Å²) in [6.07, 6.45) is 0.560. The summed E-state index contributed by atoms with van der Waals surface area (Å²) in [6, 6.07) is 11.7. The first-order valence-electron chi connectivity index (χ1n) is 9.81. The molecule has 3 rings (SSSR count). The molecule has 0 radical (unpaired) electrons. The number of aromatic nitrogens is 1. The van der Waals surface area contributed by atoms with Crippen molar-refractivity contribution in [2.45, 2.75) is 13.3 Å².